The smallest absolute Gasteiger partial charge is 0.249 e. The van der Waals surface area contributed by atoms with E-state index in [1.54, 1.807) is 6.08 Å². The van der Waals surface area contributed by atoms with Gasteiger partial charge in [0, 0.05) is 0 Å². The molecule has 0 aromatic rings. The van der Waals surface area contributed by atoms with Gasteiger partial charge >= 0.3 is 0 Å². The van der Waals surface area contributed by atoms with E-state index in [4.69, 9.17) is 0 Å². The Balaban J connectivity index is 3.57. The Morgan fingerprint density at radius 1 is 0.414 bits per heavy atom. The van der Waals surface area contributed by atoms with Crippen LogP contribution in [0.1, 0.15) is 284 Å². The van der Waals surface area contributed by atoms with Crippen LogP contribution in [0.4, 0.5) is 0 Å². The molecule has 0 rings (SSSR count). The molecule has 3 atom stereocenters. The van der Waals surface area contributed by atoms with Gasteiger partial charge in [0.15, 0.2) is 0 Å². The van der Waals surface area contributed by atoms with Crippen molar-refractivity contribution in [1.82, 2.24) is 5.32 Å². The Kier molecular flexibility index (Phi) is 47.5. The van der Waals surface area contributed by atoms with E-state index >= 15 is 0 Å². The molecule has 0 bridgehead atoms. The number of amides is 1. The van der Waals surface area contributed by atoms with Crippen molar-refractivity contribution in [1.29, 1.82) is 0 Å². The van der Waals surface area contributed by atoms with Crippen LogP contribution in [0.5, 0.6) is 0 Å². The van der Waals surface area contributed by atoms with Gasteiger partial charge in [-0.15, -0.1) is 0 Å². The topological polar surface area (TPSA) is 89.8 Å². The number of allylic oxidation sites excluding steroid dienone is 3. The molecular formula is C53H103NO4. The van der Waals surface area contributed by atoms with Crippen molar-refractivity contribution in [3.05, 3.63) is 24.3 Å². The SMILES string of the molecule is CCCCCCCCCCCCCC/C=C\CCCCCCCCCCCCCC(O)C(=O)NC(CO)C(O)/C=C/CCCCCCCCCCCCCCCCC. The lowest BCUT2D eigenvalue weighted by atomic mass is 10.0. The number of rotatable bonds is 48. The van der Waals surface area contributed by atoms with Gasteiger partial charge in [-0.1, -0.05) is 263 Å². The Hall–Kier alpha value is -1.17. The Morgan fingerprint density at radius 2 is 0.690 bits per heavy atom. The molecule has 0 radical (unpaired) electrons. The summed E-state index contributed by atoms with van der Waals surface area (Å²) in [6, 6.07) is -0.796. The predicted octanol–water partition coefficient (Wildman–Crippen LogP) is 15.7. The van der Waals surface area contributed by atoms with Gasteiger partial charge in [-0.05, 0) is 44.9 Å². The van der Waals surface area contributed by atoms with Crippen LogP contribution in [0.15, 0.2) is 24.3 Å². The van der Waals surface area contributed by atoms with Crippen LogP contribution in [0.3, 0.4) is 0 Å². The Morgan fingerprint density at radius 3 is 1.00 bits per heavy atom. The van der Waals surface area contributed by atoms with Crippen LogP contribution >= 0.6 is 0 Å². The number of carbonyl (C=O) groups excluding carboxylic acids is 1. The molecule has 0 heterocycles. The Bertz CT molecular complexity index is 859. The third-order valence-corrected chi connectivity index (χ3v) is 12.3. The zero-order valence-electron chi connectivity index (χ0n) is 39.2. The number of aliphatic hydroxyl groups excluding tert-OH is 3. The third-order valence-electron chi connectivity index (χ3n) is 12.3. The van der Waals surface area contributed by atoms with Gasteiger partial charge in [0.25, 0.3) is 0 Å². The second kappa shape index (κ2) is 48.5. The first-order valence-corrected chi connectivity index (χ1v) is 26.2. The highest BCUT2D eigenvalue weighted by molar-refractivity contribution is 5.80. The Labute approximate surface area is 362 Å². The molecule has 0 saturated carbocycles. The largest absolute Gasteiger partial charge is 0.394 e. The summed E-state index contributed by atoms with van der Waals surface area (Å²) in [5.74, 6) is -0.500. The molecule has 0 saturated heterocycles. The summed E-state index contributed by atoms with van der Waals surface area (Å²) >= 11 is 0. The van der Waals surface area contributed by atoms with Crippen molar-refractivity contribution >= 4 is 5.91 Å². The number of nitrogens with one attached hydrogen (secondary N) is 1. The number of carbonyl (C=O) groups is 1. The minimum atomic E-state index is -1.10. The summed E-state index contributed by atoms with van der Waals surface area (Å²) in [4.78, 5) is 12.5. The number of hydrogen-bond donors (Lipinski definition) is 4. The van der Waals surface area contributed by atoms with Crippen LogP contribution in [0.2, 0.25) is 0 Å². The van der Waals surface area contributed by atoms with Gasteiger partial charge in [0.1, 0.15) is 6.10 Å². The van der Waals surface area contributed by atoms with Crippen molar-refractivity contribution in [2.45, 2.75) is 302 Å². The van der Waals surface area contributed by atoms with Crippen molar-refractivity contribution in [2.75, 3.05) is 6.61 Å². The summed E-state index contributed by atoms with van der Waals surface area (Å²) in [6.07, 6.45) is 61.0. The average Bonchev–Trinajstić information content (AvgIpc) is 3.23. The van der Waals surface area contributed by atoms with Gasteiger partial charge < -0.3 is 20.6 Å². The third kappa shape index (κ3) is 42.9. The van der Waals surface area contributed by atoms with Crippen LogP contribution in [-0.4, -0.2) is 46.1 Å². The first-order valence-electron chi connectivity index (χ1n) is 26.2. The maximum Gasteiger partial charge on any atom is 0.249 e. The monoisotopic (exact) mass is 818 g/mol. The maximum atomic E-state index is 12.5. The summed E-state index contributed by atoms with van der Waals surface area (Å²) in [6.45, 7) is 4.21. The number of aliphatic hydroxyl groups is 3. The zero-order chi connectivity index (χ0) is 42.3. The molecule has 5 heteroatoms. The highest BCUT2D eigenvalue weighted by Crippen LogP contribution is 2.17. The van der Waals surface area contributed by atoms with E-state index in [0.29, 0.717) is 6.42 Å². The molecule has 58 heavy (non-hydrogen) atoms. The number of hydrogen-bond acceptors (Lipinski definition) is 4. The standard InChI is InChI=1S/C53H103NO4/c1-3-5-7-9-11-13-15-17-19-21-22-23-24-25-26-27-28-29-30-32-34-36-38-40-42-44-46-48-52(57)53(58)54-50(49-55)51(56)47-45-43-41-39-37-35-33-31-20-18-16-14-12-10-8-6-4-2/h25-26,45,47,50-52,55-57H,3-24,27-44,46,48-49H2,1-2H3,(H,54,58)/b26-25-,47-45+. The molecule has 0 aromatic carbocycles. The van der Waals surface area contributed by atoms with E-state index in [0.717, 1.165) is 32.1 Å². The predicted molar refractivity (Wildman–Crippen MR) is 255 cm³/mol. The fourth-order valence-electron chi connectivity index (χ4n) is 8.18. The zero-order valence-corrected chi connectivity index (χ0v) is 39.2. The quantitative estimate of drug-likeness (QED) is 0.0364. The molecule has 3 unspecified atom stereocenters. The molecule has 344 valence electrons. The summed E-state index contributed by atoms with van der Waals surface area (Å²) in [7, 11) is 0. The van der Waals surface area contributed by atoms with E-state index in [9.17, 15) is 20.1 Å². The molecule has 0 aliphatic rings. The van der Waals surface area contributed by atoms with E-state index < -0.39 is 24.2 Å². The molecule has 0 aliphatic carbocycles. The van der Waals surface area contributed by atoms with Crippen molar-refractivity contribution < 1.29 is 20.1 Å². The minimum Gasteiger partial charge on any atom is -0.394 e. The van der Waals surface area contributed by atoms with E-state index in [-0.39, 0.29) is 6.61 Å². The van der Waals surface area contributed by atoms with Crippen LogP contribution < -0.4 is 5.32 Å². The van der Waals surface area contributed by atoms with Crippen molar-refractivity contribution in [3.63, 3.8) is 0 Å². The number of unbranched alkanes of at least 4 members (excludes halogenated alkanes) is 38. The molecule has 0 aromatic heterocycles. The van der Waals surface area contributed by atoms with E-state index in [1.807, 2.05) is 6.08 Å². The molecular weight excluding hydrogens is 715 g/mol. The minimum absolute atomic E-state index is 0.361. The van der Waals surface area contributed by atoms with E-state index in [1.165, 1.54) is 231 Å². The van der Waals surface area contributed by atoms with Crippen LogP contribution in [-0.2, 0) is 4.79 Å². The van der Waals surface area contributed by atoms with Crippen LogP contribution in [0, 0.1) is 0 Å². The van der Waals surface area contributed by atoms with Gasteiger partial charge in [-0.2, -0.15) is 0 Å². The van der Waals surface area contributed by atoms with Gasteiger partial charge in [-0.3, -0.25) is 4.79 Å². The first kappa shape index (κ1) is 56.8. The summed E-state index contributed by atoms with van der Waals surface area (Å²) < 4.78 is 0. The second-order valence-corrected chi connectivity index (χ2v) is 18.1. The van der Waals surface area contributed by atoms with Crippen molar-refractivity contribution in [2.24, 2.45) is 0 Å². The lowest BCUT2D eigenvalue weighted by Crippen LogP contribution is -2.48. The molecule has 0 spiro atoms. The molecule has 4 N–H and O–H groups in total. The highest BCUT2D eigenvalue weighted by Gasteiger charge is 2.22. The normalized spacial score (nSPS) is 13.5. The lowest BCUT2D eigenvalue weighted by Gasteiger charge is -2.21. The van der Waals surface area contributed by atoms with Gasteiger partial charge in [0.2, 0.25) is 5.91 Å². The fourth-order valence-corrected chi connectivity index (χ4v) is 8.18. The van der Waals surface area contributed by atoms with Crippen molar-refractivity contribution in [3.8, 4) is 0 Å². The fraction of sp³-hybridized carbons (Fsp3) is 0.906. The van der Waals surface area contributed by atoms with E-state index in [2.05, 4.69) is 31.3 Å². The van der Waals surface area contributed by atoms with Gasteiger partial charge in [-0.25, -0.2) is 0 Å². The molecule has 0 fully saturated rings. The summed E-state index contributed by atoms with van der Waals surface area (Å²) in [5.41, 5.74) is 0. The molecule has 1 amide bonds. The molecule has 5 nitrogen and oxygen atoms in total. The average molecular weight is 818 g/mol. The first-order chi connectivity index (χ1) is 28.6. The maximum absolute atomic E-state index is 12.5. The van der Waals surface area contributed by atoms with Gasteiger partial charge in [0.05, 0.1) is 18.8 Å². The second-order valence-electron chi connectivity index (χ2n) is 18.1. The summed E-state index contributed by atoms with van der Waals surface area (Å²) in [5, 5.41) is 33.3. The van der Waals surface area contributed by atoms with Crippen LogP contribution in [0.25, 0.3) is 0 Å². The lowest BCUT2D eigenvalue weighted by molar-refractivity contribution is -0.131. The molecule has 0 aliphatic heterocycles. The highest BCUT2D eigenvalue weighted by atomic mass is 16.3.